The summed E-state index contributed by atoms with van der Waals surface area (Å²) in [5, 5.41) is 3.15. The number of nitrogens with one attached hydrogen (secondary N) is 1. The molecule has 8 heteroatoms. The van der Waals surface area contributed by atoms with E-state index in [9.17, 15) is 4.79 Å². The molecule has 5 nitrogen and oxygen atoms in total. The van der Waals surface area contributed by atoms with Crippen molar-refractivity contribution >= 4 is 48.1 Å². The Bertz CT molecular complexity index is 899. The molecular weight excluding hydrogens is 427 g/mol. The summed E-state index contributed by atoms with van der Waals surface area (Å²) in [6.45, 7) is 0.642. The first-order valence-electron chi connectivity index (χ1n) is 9.39. The lowest BCUT2D eigenvalue weighted by atomic mass is 10.0. The van der Waals surface area contributed by atoms with Gasteiger partial charge in [-0.3, -0.25) is 4.79 Å². The van der Waals surface area contributed by atoms with Crippen LogP contribution in [0.4, 0.5) is 0 Å². The Kier molecular flexibility index (Phi) is 8.83. The third-order valence-electron chi connectivity index (χ3n) is 5.20. The topological polar surface area (TPSA) is 72.4 Å². The van der Waals surface area contributed by atoms with Crippen LogP contribution >= 0.6 is 36.6 Å². The van der Waals surface area contributed by atoms with Crippen LogP contribution in [0.25, 0.3) is 5.65 Å². The van der Waals surface area contributed by atoms with Crippen LogP contribution in [0.3, 0.4) is 0 Å². The van der Waals surface area contributed by atoms with Crippen LogP contribution < -0.4 is 11.1 Å². The Balaban J connectivity index is 0.00000150. The van der Waals surface area contributed by atoms with Gasteiger partial charge in [-0.2, -0.15) is 0 Å². The summed E-state index contributed by atoms with van der Waals surface area (Å²) < 4.78 is 2.03. The quantitative estimate of drug-likeness (QED) is 0.545. The molecule has 1 amide bonds. The smallest absolute Gasteiger partial charge is 0.251 e. The number of halogens is 2. The molecule has 3 N–H and O–H groups in total. The number of aromatic nitrogens is 2. The summed E-state index contributed by atoms with van der Waals surface area (Å²) >= 11 is 1.72. The molecule has 3 aromatic rings. The van der Waals surface area contributed by atoms with Crippen molar-refractivity contribution in [3.63, 3.8) is 0 Å². The van der Waals surface area contributed by atoms with Gasteiger partial charge in [-0.05, 0) is 61.7 Å². The second-order valence-corrected chi connectivity index (χ2v) is 8.07. The maximum absolute atomic E-state index is 12.5. The molecule has 4 rings (SSSR count). The van der Waals surface area contributed by atoms with Gasteiger partial charge < -0.3 is 15.5 Å². The van der Waals surface area contributed by atoms with Gasteiger partial charge in [0.25, 0.3) is 5.91 Å². The molecule has 2 aromatic heterocycles. The Morgan fingerprint density at radius 2 is 1.97 bits per heavy atom. The monoisotopic (exact) mass is 452 g/mol. The number of rotatable bonds is 6. The summed E-state index contributed by atoms with van der Waals surface area (Å²) in [7, 11) is 0. The zero-order valence-corrected chi connectivity index (χ0v) is 18.4. The average Bonchev–Trinajstić information content (AvgIpc) is 3.32. The molecule has 2 unspecified atom stereocenters. The number of imidazole rings is 1. The van der Waals surface area contributed by atoms with E-state index in [1.165, 1.54) is 0 Å². The summed E-state index contributed by atoms with van der Waals surface area (Å²) in [6, 6.07) is 14.0. The van der Waals surface area contributed by atoms with Crippen molar-refractivity contribution in [2.24, 2.45) is 11.7 Å². The van der Waals surface area contributed by atoms with Crippen LogP contribution in [0.1, 0.15) is 35.3 Å². The van der Waals surface area contributed by atoms with Gasteiger partial charge >= 0.3 is 0 Å². The number of nitrogens with two attached hydrogens (primary N) is 1. The lowest BCUT2D eigenvalue weighted by Gasteiger charge is -2.19. The van der Waals surface area contributed by atoms with Crippen molar-refractivity contribution in [1.82, 2.24) is 14.7 Å². The Hall–Kier alpha value is -1.73. The summed E-state index contributed by atoms with van der Waals surface area (Å²) in [4.78, 5) is 18.2. The first kappa shape index (κ1) is 23.5. The van der Waals surface area contributed by atoms with Crippen LogP contribution in [0.15, 0.2) is 59.8 Å². The second kappa shape index (κ2) is 10.9. The van der Waals surface area contributed by atoms with Crippen molar-refractivity contribution < 1.29 is 4.79 Å². The zero-order chi connectivity index (χ0) is 18.6. The molecule has 156 valence electrons. The van der Waals surface area contributed by atoms with Gasteiger partial charge in [-0.25, -0.2) is 4.98 Å². The fourth-order valence-electron chi connectivity index (χ4n) is 3.68. The normalized spacial score (nSPS) is 18.1. The third kappa shape index (κ3) is 5.66. The fourth-order valence-corrected chi connectivity index (χ4v) is 4.46. The SMILES string of the molecule is Cl.Cl.NCC1CCCC1NC(=O)c1ccc(SCc2cn3ccccc3n2)cc1. The zero-order valence-electron chi connectivity index (χ0n) is 16.0. The summed E-state index contributed by atoms with van der Waals surface area (Å²) in [5.41, 5.74) is 8.51. The molecule has 29 heavy (non-hydrogen) atoms. The minimum Gasteiger partial charge on any atom is -0.349 e. The number of benzene rings is 1. The number of nitrogens with zero attached hydrogens (tertiary/aromatic N) is 2. The molecule has 1 saturated carbocycles. The van der Waals surface area contributed by atoms with Crippen LogP contribution in [-0.4, -0.2) is 27.9 Å². The highest BCUT2D eigenvalue weighted by Gasteiger charge is 2.27. The van der Waals surface area contributed by atoms with Gasteiger partial charge in [-0.1, -0.05) is 12.5 Å². The standard InChI is InChI=1S/C21H24N4OS.2ClH/c22-12-16-4-3-5-19(16)24-21(26)15-7-9-18(10-8-15)27-14-17-13-25-11-2-1-6-20(25)23-17;;/h1-2,6-11,13,16,19H,3-5,12,14,22H2,(H,24,26);2*1H. The number of carbonyl (C=O) groups excluding carboxylic acids is 1. The van der Waals surface area contributed by atoms with E-state index < -0.39 is 0 Å². The number of thioether (sulfide) groups is 1. The van der Waals surface area contributed by atoms with Crippen molar-refractivity contribution in [3.8, 4) is 0 Å². The van der Waals surface area contributed by atoms with Crippen molar-refractivity contribution in [2.75, 3.05) is 6.54 Å². The van der Waals surface area contributed by atoms with E-state index >= 15 is 0 Å². The Morgan fingerprint density at radius 1 is 1.17 bits per heavy atom. The number of pyridine rings is 1. The summed E-state index contributed by atoms with van der Waals surface area (Å²) in [6.07, 6.45) is 7.34. The Labute approximate surface area is 187 Å². The largest absolute Gasteiger partial charge is 0.349 e. The van der Waals surface area contributed by atoms with Crippen LogP contribution in [0, 0.1) is 5.92 Å². The van der Waals surface area contributed by atoms with Crippen LogP contribution in [0.2, 0.25) is 0 Å². The van der Waals surface area contributed by atoms with E-state index in [1.54, 1.807) is 11.8 Å². The van der Waals surface area contributed by atoms with E-state index in [0.717, 1.165) is 41.3 Å². The molecular formula is C21H26Cl2N4OS. The molecule has 2 atom stereocenters. The van der Waals surface area contributed by atoms with Crippen molar-refractivity contribution in [2.45, 2.75) is 36.0 Å². The van der Waals surface area contributed by atoms with Crippen molar-refractivity contribution in [3.05, 3.63) is 66.1 Å². The predicted octanol–water partition coefficient (Wildman–Crippen LogP) is 4.33. The molecule has 1 aliphatic carbocycles. The molecule has 1 fully saturated rings. The lowest BCUT2D eigenvalue weighted by Crippen LogP contribution is -2.39. The molecule has 0 radical (unpaired) electrons. The van der Waals surface area contributed by atoms with E-state index in [4.69, 9.17) is 5.73 Å². The van der Waals surface area contributed by atoms with Gasteiger partial charge in [0.15, 0.2) is 0 Å². The molecule has 2 heterocycles. The lowest BCUT2D eigenvalue weighted by molar-refractivity contribution is 0.0928. The van der Waals surface area contributed by atoms with Gasteiger partial charge in [0.05, 0.1) is 5.69 Å². The molecule has 0 aliphatic heterocycles. The van der Waals surface area contributed by atoms with E-state index in [-0.39, 0.29) is 36.8 Å². The highest BCUT2D eigenvalue weighted by Crippen LogP contribution is 2.26. The van der Waals surface area contributed by atoms with Crippen LogP contribution in [0.5, 0.6) is 0 Å². The third-order valence-corrected chi connectivity index (χ3v) is 6.24. The predicted molar refractivity (Wildman–Crippen MR) is 123 cm³/mol. The van der Waals surface area contributed by atoms with Gasteiger partial charge in [0, 0.05) is 34.6 Å². The number of carbonyl (C=O) groups is 1. The first-order valence-corrected chi connectivity index (χ1v) is 10.4. The minimum absolute atomic E-state index is 0. The molecule has 1 aromatic carbocycles. The first-order chi connectivity index (χ1) is 13.2. The van der Waals surface area contributed by atoms with Gasteiger partial charge in [0.2, 0.25) is 0 Å². The molecule has 0 spiro atoms. The number of hydrogen-bond donors (Lipinski definition) is 2. The fraction of sp³-hybridized carbons (Fsp3) is 0.333. The molecule has 1 aliphatic rings. The highest BCUT2D eigenvalue weighted by molar-refractivity contribution is 7.98. The molecule has 0 saturated heterocycles. The maximum atomic E-state index is 12.5. The highest BCUT2D eigenvalue weighted by atomic mass is 35.5. The average molecular weight is 453 g/mol. The second-order valence-electron chi connectivity index (χ2n) is 7.02. The Morgan fingerprint density at radius 3 is 2.69 bits per heavy atom. The van der Waals surface area contributed by atoms with Crippen molar-refractivity contribution in [1.29, 1.82) is 0 Å². The maximum Gasteiger partial charge on any atom is 0.251 e. The van der Waals surface area contributed by atoms with Gasteiger partial charge in [-0.15, -0.1) is 36.6 Å². The summed E-state index contributed by atoms with van der Waals surface area (Å²) in [5.74, 6) is 1.21. The molecule has 0 bridgehead atoms. The number of amides is 1. The minimum atomic E-state index is -0.00255. The van der Waals surface area contributed by atoms with Crippen LogP contribution in [-0.2, 0) is 5.75 Å². The number of fused-ring (bicyclic) bond motifs is 1. The van der Waals surface area contributed by atoms with E-state index in [0.29, 0.717) is 18.0 Å². The van der Waals surface area contributed by atoms with Gasteiger partial charge in [0.1, 0.15) is 5.65 Å². The van der Waals surface area contributed by atoms with E-state index in [1.807, 2.05) is 53.1 Å². The number of hydrogen-bond acceptors (Lipinski definition) is 4. The van der Waals surface area contributed by atoms with E-state index in [2.05, 4.69) is 16.5 Å².